The molecule has 0 radical (unpaired) electrons. The summed E-state index contributed by atoms with van der Waals surface area (Å²) >= 11 is 0. The summed E-state index contributed by atoms with van der Waals surface area (Å²) in [7, 11) is 0. The second kappa shape index (κ2) is 35.0. The zero-order valence-corrected chi connectivity index (χ0v) is 81.3. The zero-order valence-electron chi connectivity index (χ0n) is 81.3. The highest BCUT2D eigenvalue weighted by atomic mass is 15.0. The fourth-order valence-corrected chi connectivity index (χ4v) is 22.4. The predicted octanol–water partition coefficient (Wildman–Crippen LogP) is 35.8. The molecule has 19 aromatic carbocycles. The summed E-state index contributed by atoms with van der Waals surface area (Å²) in [5.74, 6) is 0.557. The lowest BCUT2D eigenvalue weighted by molar-refractivity contribution is 1.13. The third-order valence-electron chi connectivity index (χ3n) is 29.4. The van der Waals surface area contributed by atoms with Crippen molar-refractivity contribution in [1.82, 2.24) is 38.2 Å². The first-order valence-corrected chi connectivity index (χ1v) is 49.6. The van der Waals surface area contributed by atoms with Crippen LogP contribution in [0.3, 0.4) is 0 Å². The highest BCUT2D eigenvalue weighted by molar-refractivity contribution is 6.17. The molecule has 8 nitrogen and oxygen atoms in total. The minimum atomic E-state index is 0.557. The number of nitrogens with zero attached hydrogens (tertiary/aromatic N) is 8. The van der Waals surface area contributed by atoms with Gasteiger partial charge >= 0.3 is 0 Å². The number of benzene rings is 19. The molecule has 0 aliphatic carbocycles. The minimum Gasteiger partial charge on any atom is -0.309 e. The molecule has 7 heterocycles. The average molecular weight is 1840 g/mol. The first kappa shape index (κ1) is 86.1. The molecule has 0 saturated carbocycles. The van der Waals surface area contributed by atoms with Gasteiger partial charge in [-0.15, -0.1) is 0 Å². The minimum absolute atomic E-state index is 0.557. The van der Waals surface area contributed by atoms with Gasteiger partial charge in [-0.1, -0.05) is 330 Å². The molecule has 0 atom stereocenters. The topological polar surface area (TPSA) is 71.3 Å². The number of rotatable bonds is 17. The molecular weight excluding hydrogens is 1750 g/mol. The summed E-state index contributed by atoms with van der Waals surface area (Å²) < 4.78 is 9.92. The number of fused-ring (bicyclic) bond motifs is 12. The largest absolute Gasteiger partial charge is 0.309 e. The maximum absolute atomic E-state index is 6.08. The molecule has 0 amide bonds. The summed E-state index contributed by atoms with van der Waals surface area (Å²) in [6.07, 6.45) is 8.01. The Bertz CT molecular complexity index is 8830. The van der Waals surface area contributed by atoms with Gasteiger partial charge in [-0.05, 0) is 295 Å². The van der Waals surface area contributed by atoms with Crippen LogP contribution in [0.1, 0.15) is 44.5 Å². The van der Waals surface area contributed by atoms with Gasteiger partial charge in [0.1, 0.15) is 0 Å². The third-order valence-corrected chi connectivity index (χ3v) is 29.4. The maximum atomic E-state index is 6.08. The van der Waals surface area contributed by atoms with Crippen molar-refractivity contribution < 1.29 is 0 Å². The van der Waals surface area contributed by atoms with Crippen LogP contribution in [0, 0.1) is 55.4 Å². The molecule has 0 saturated heterocycles. The molecule has 0 spiro atoms. The van der Waals surface area contributed by atoms with E-state index in [1.807, 2.05) is 12.4 Å². The van der Waals surface area contributed by atoms with Gasteiger partial charge in [0.25, 0.3) is 0 Å². The van der Waals surface area contributed by atoms with Crippen molar-refractivity contribution in [3.05, 3.63) is 494 Å². The van der Waals surface area contributed by atoms with Crippen LogP contribution in [0.4, 0.5) is 0 Å². The van der Waals surface area contributed by atoms with Crippen LogP contribution >= 0.6 is 0 Å². The van der Waals surface area contributed by atoms with Crippen molar-refractivity contribution in [2.24, 2.45) is 0 Å². The second-order valence-electron chi connectivity index (χ2n) is 39.2. The van der Waals surface area contributed by atoms with Crippen LogP contribution in [0.15, 0.2) is 449 Å². The molecule has 144 heavy (non-hydrogen) atoms. The number of aromatic nitrogens is 8. The van der Waals surface area contributed by atoms with Gasteiger partial charge in [-0.2, -0.15) is 0 Å². The standard InChI is InChI=1S/C136H98N8/c1-83-20-12-30-92(62-83)100-38-48-124-110(70-100)111-71-101(93-31-13-21-84(2)63-93)39-49-125(111)141(124)132-56-46-108(120-81-137-60-58-134(120)143-128-52-42-104(96-34-16-24-87(5)66-96)74-114(128)115-75-105(43-53-129(115)143)97-35-17-25-88(6)67-97)78-118(132)122-80-123(140-136(139-122)91-28-10-9-11-29-91)119-79-109(47-57-133(119)142-126-50-40-102(94-32-14-22-85(3)64-94)72-112(126)113-73-103(41-51-127(113)142)95-33-15-23-86(4)65-95)121-82-138-61-59-135(121)144-130-54-44-106(98-36-18-26-89(7)68-98)76-116(130)117-77-107(45-55-131(117)144)99-37-19-27-90(8)69-99/h9-82H,1-8H3. The molecule has 7 aromatic heterocycles. The Kier molecular flexibility index (Phi) is 20.9. The van der Waals surface area contributed by atoms with Crippen molar-refractivity contribution in [3.8, 4) is 168 Å². The molecule has 26 rings (SSSR count). The Labute approximate surface area is 836 Å². The van der Waals surface area contributed by atoms with Crippen molar-refractivity contribution in [1.29, 1.82) is 0 Å². The van der Waals surface area contributed by atoms with Crippen LogP contribution in [0.25, 0.3) is 255 Å². The van der Waals surface area contributed by atoms with Crippen molar-refractivity contribution in [2.45, 2.75) is 55.4 Å². The predicted molar refractivity (Wildman–Crippen MR) is 604 cm³/mol. The van der Waals surface area contributed by atoms with E-state index in [-0.39, 0.29) is 0 Å². The Morgan fingerprint density at radius 3 is 0.576 bits per heavy atom. The van der Waals surface area contributed by atoms with Crippen molar-refractivity contribution >= 4 is 87.2 Å². The quantitative estimate of drug-likeness (QED) is 0.0911. The van der Waals surface area contributed by atoms with E-state index in [1.54, 1.807) is 0 Å². The number of hydrogen-bond acceptors (Lipinski definition) is 4. The van der Waals surface area contributed by atoms with E-state index in [9.17, 15) is 0 Å². The lowest BCUT2D eigenvalue weighted by Crippen LogP contribution is -2.04. The Hall–Kier alpha value is -18.2. The Morgan fingerprint density at radius 2 is 0.354 bits per heavy atom. The van der Waals surface area contributed by atoms with Gasteiger partial charge in [0, 0.05) is 95.7 Å². The zero-order chi connectivity index (χ0) is 96.6. The molecule has 0 N–H and O–H groups in total. The summed E-state index contributed by atoms with van der Waals surface area (Å²) in [6.45, 7) is 17.4. The van der Waals surface area contributed by atoms with Crippen LogP contribution in [-0.2, 0) is 0 Å². The molecule has 26 aromatic rings. The second-order valence-corrected chi connectivity index (χ2v) is 39.2. The summed E-state index contributed by atoms with van der Waals surface area (Å²) in [6, 6.07) is 158. The highest BCUT2D eigenvalue weighted by Crippen LogP contribution is 2.50. The van der Waals surface area contributed by atoms with Gasteiger partial charge in [0.15, 0.2) is 5.82 Å². The van der Waals surface area contributed by atoms with Gasteiger partial charge in [-0.3, -0.25) is 9.97 Å². The molecule has 0 fully saturated rings. The van der Waals surface area contributed by atoms with Gasteiger partial charge in [0.2, 0.25) is 0 Å². The lowest BCUT2D eigenvalue weighted by Gasteiger charge is -2.20. The number of hydrogen-bond donors (Lipinski definition) is 0. The van der Waals surface area contributed by atoms with E-state index in [0.29, 0.717) is 17.2 Å². The number of aryl methyl sites for hydroxylation is 8. The molecule has 0 aliphatic rings. The normalized spacial score (nSPS) is 11.8. The summed E-state index contributed by atoms with van der Waals surface area (Å²) in [4.78, 5) is 22.5. The maximum Gasteiger partial charge on any atom is 0.160 e. The van der Waals surface area contributed by atoms with Crippen LogP contribution < -0.4 is 0 Å². The smallest absolute Gasteiger partial charge is 0.160 e. The van der Waals surface area contributed by atoms with Crippen LogP contribution in [0.5, 0.6) is 0 Å². The van der Waals surface area contributed by atoms with Gasteiger partial charge in [-0.25, -0.2) is 9.97 Å². The third kappa shape index (κ3) is 15.2. The SMILES string of the molecule is Cc1cccc(-c2ccc3c(c2)c2cc(-c4cccc(C)c4)ccc2n3-c2ccncc2-c2ccc(-n3c4ccc(-c5cccc(C)c5)cc4c4cc(-c5cccc(C)c5)ccc43)c(-c3cc(-c4cc(-c5cnccc5-n5c6ccc(-c7cccc(C)c7)cc6c6cc(-c7cccc(C)c7)ccc65)ccc4-n4c5ccc(-c6cccc(C)c6)cc5c5cc(-c6cccc(C)c6)ccc54)nc(-c4ccccc4)n3)c2)c1. The number of pyridine rings is 2. The monoisotopic (exact) mass is 1840 g/mol. The lowest BCUT2D eigenvalue weighted by atomic mass is 9.96. The van der Waals surface area contributed by atoms with Crippen LogP contribution in [0.2, 0.25) is 0 Å². The molecular formula is C136H98N8. The molecule has 0 bridgehead atoms. The van der Waals surface area contributed by atoms with E-state index in [4.69, 9.17) is 19.9 Å². The molecule has 8 heteroatoms. The molecule has 682 valence electrons. The summed E-state index contributed by atoms with van der Waals surface area (Å²) in [5, 5.41) is 9.09. The Morgan fingerprint density at radius 1 is 0.153 bits per heavy atom. The van der Waals surface area contributed by atoms with E-state index in [2.05, 4.69) is 511 Å². The van der Waals surface area contributed by atoms with Gasteiger partial charge in [0.05, 0.1) is 78.3 Å². The fraction of sp³-hybridized carbons (Fsp3) is 0.0588. The molecule has 0 unspecified atom stereocenters. The summed E-state index contributed by atoms with van der Waals surface area (Å²) in [5.41, 5.74) is 48.2. The van der Waals surface area contributed by atoms with E-state index in [0.717, 1.165) is 216 Å². The van der Waals surface area contributed by atoms with E-state index in [1.165, 1.54) is 66.8 Å². The van der Waals surface area contributed by atoms with E-state index >= 15 is 0 Å². The van der Waals surface area contributed by atoms with Crippen molar-refractivity contribution in [3.63, 3.8) is 0 Å². The van der Waals surface area contributed by atoms with E-state index < -0.39 is 0 Å². The van der Waals surface area contributed by atoms with Crippen LogP contribution in [-0.4, -0.2) is 38.2 Å². The average Bonchev–Trinajstić information content (AvgIpc) is 1.21. The van der Waals surface area contributed by atoms with Gasteiger partial charge < -0.3 is 18.3 Å². The fourth-order valence-electron chi connectivity index (χ4n) is 22.4. The van der Waals surface area contributed by atoms with Crippen molar-refractivity contribution in [2.75, 3.05) is 0 Å². The first-order valence-electron chi connectivity index (χ1n) is 49.6. The first-order chi connectivity index (χ1) is 70.6. The molecule has 0 aliphatic heterocycles. The highest BCUT2D eigenvalue weighted by Gasteiger charge is 2.29. The Balaban J connectivity index is 0.756.